The molecule has 0 unspecified atom stereocenters. The molecular weight excluding hydrogens is 324 g/mol. The van der Waals surface area contributed by atoms with Crippen molar-refractivity contribution >= 4 is 17.4 Å². The summed E-state index contributed by atoms with van der Waals surface area (Å²) in [7, 11) is 0. The Morgan fingerprint density at radius 2 is 2.12 bits per heavy atom. The first-order chi connectivity index (χ1) is 11.6. The van der Waals surface area contributed by atoms with Crippen molar-refractivity contribution in [3.63, 3.8) is 0 Å². The number of nitrogens with one attached hydrogen (secondary N) is 2. The third kappa shape index (κ3) is 3.99. The molecule has 124 valence electrons. The van der Waals surface area contributed by atoms with Gasteiger partial charge in [0.05, 0.1) is 18.3 Å². The predicted octanol–water partition coefficient (Wildman–Crippen LogP) is 3.67. The van der Waals surface area contributed by atoms with Crippen LogP contribution >= 0.6 is 11.3 Å². The van der Waals surface area contributed by atoms with E-state index in [1.165, 1.54) is 11.3 Å². The summed E-state index contributed by atoms with van der Waals surface area (Å²) in [6, 6.07) is 11.3. The van der Waals surface area contributed by atoms with Gasteiger partial charge in [0, 0.05) is 17.0 Å². The molecule has 0 spiro atoms. The number of rotatable bonds is 5. The van der Waals surface area contributed by atoms with Crippen molar-refractivity contribution in [1.82, 2.24) is 20.8 Å². The maximum absolute atomic E-state index is 12.0. The highest BCUT2D eigenvalue weighted by molar-refractivity contribution is 7.10. The van der Waals surface area contributed by atoms with Gasteiger partial charge in [0.1, 0.15) is 16.5 Å². The van der Waals surface area contributed by atoms with Crippen LogP contribution in [0.25, 0.3) is 11.3 Å². The quantitative estimate of drug-likeness (QED) is 0.741. The van der Waals surface area contributed by atoms with E-state index in [0.29, 0.717) is 12.2 Å². The summed E-state index contributed by atoms with van der Waals surface area (Å²) in [6.45, 7) is 4.04. The highest BCUT2D eigenvalue weighted by atomic mass is 32.1. The molecule has 1 atom stereocenters. The van der Waals surface area contributed by atoms with Gasteiger partial charge >= 0.3 is 6.03 Å². The third-order valence-corrected chi connectivity index (χ3v) is 4.44. The second-order valence-electron chi connectivity index (χ2n) is 5.41. The van der Waals surface area contributed by atoms with E-state index >= 15 is 0 Å². The van der Waals surface area contributed by atoms with Crippen molar-refractivity contribution in [3.8, 4) is 11.3 Å². The number of thiazole rings is 1. The van der Waals surface area contributed by atoms with Gasteiger partial charge in [-0.2, -0.15) is 0 Å². The summed E-state index contributed by atoms with van der Waals surface area (Å²) in [4.78, 5) is 16.6. The first-order valence-corrected chi connectivity index (χ1v) is 8.47. The topological polar surface area (TPSA) is 80.0 Å². The van der Waals surface area contributed by atoms with Crippen molar-refractivity contribution < 1.29 is 9.32 Å². The zero-order chi connectivity index (χ0) is 16.9. The number of aromatic nitrogens is 2. The van der Waals surface area contributed by atoms with Crippen LogP contribution < -0.4 is 10.6 Å². The minimum absolute atomic E-state index is 0.175. The Morgan fingerprint density at radius 1 is 1.33 bits per heavy atom. The lowest BCUT2D eigenvalue weighted by molar-refractivity contribution is 0.237. The molecule has 0 saturated carbocycles. The van der Waals surface area contributed by atoms with Gasteiger partial charge in [-0.3, -0.25) is 0 Å². The average Bonchev–Trinajstić information content (AvgIpc) is 3.23. The second kappa shape index (κ2) is 7.27. The number of amides is 2. The second-order valence-corrected chi connectivity index (χ2v) is 6.30. The molecule has 0 fully saturated rings. The lowest BCUT2D eigenvalue weighted by Crippen LogP contribution is -2.36. The molecule has 6 nitrogen and oxygen atoms in total. The highest BCUT2D eigenvalue weighted by Crippen LogP contribution is 2.25. The molecule has 24 heavy (non-hydrogen) atoms. The molecule has 2 N–H and O–H groups in total. The van der Waals surface area contributed by atoms with Crippen LogP contribution in [0.1, 0.15) is 29.4 Å². The highest BCUT2D eigenvalue weighted by Gasteiger charge is 2.14. The zero-order valence-corrected chi connectivity index (χ0v) is 14.3. The summed E-state index contributed by atoms with van der Waals surface area (Å²) in [5.41, 5.74) is 2.68. The van der Waals surface area contributed by atoms with Gasteiger partial charge in [-0.15, -0.1) is 11.3 Å². The Kier molecular flexibility index (Phi) is 4.90. The molecular formula is C17H18N4O2S. The van der Waals surface area contributed by atoms with Crippen LogP contribution in [-0.4, -0.2) is 16.2 Å². The summed E-state index contributed by atoms with van der Waals surface area (Å²) >= 11 is 1.53. The van der Waals surface area contributed by atoms with Gasteiger partial charge in [0.15, 0.2) is 0 Å². The molecule has 0 aliphatic heterocycles. The first kappa shape index (κ1) is 16.2. The Labute approximate surface area is 143 Å². The Morgan fingerprint density at radius 3 is 2.83 bits per heavy atom. The monoisotopic (exact) mass is 342 g/mol. The van der Waals surface area contributed by atoms with Crippen LogP contribution in [0.4, 0.5) is 4.79 Å². The number of carbonyl (C=O) groups excluding carboxylic acids is 1. The fourth-order valence-electron chi connectivity index (χ4n) is 2.21. The molecule has 0 aliphatic carbocycles. The molecule has 0 saturated heterocycles. The van der Waals surface area contributed by atoms with E-state index in [1.54, 1.807) is 6.07 Å². The maximum atomic E-state index is 12.0. The Balaban J connectivity index is 1.55. The molecule has 0 bridgehead atoms. The van der Waals surface area contributed by atoms with Crippen molar-refractivity contribution in [2.24, 2.45) is 0 Å². The van der Waals surface area contributed by atoms with Crippen molar-refractivity contribution in [2.45, 2.75) is 26.4 Å². The van der Waals surface area contributed by atoms with E-state index in [1.807, 2.05) is 49.6 Å². The molecule has 3 rings (SSSR count). The minimum atomic E-state index is -0.264. The van der Waals surface area contributed by atoms with E-state index < -0.39 is 0 Å². The third-order valence-electron chi connectivity index (χ3n) is 3.42. The van der Waals surface area contributed by atoms with Gasteiger partial charge in [-0.1, -0.05) is 35.5 Å². The number of benzene rings is 1. The van der Waals surface area contributed by atoms with Crippen LogP contribution in [-0.2, 0) is 6.54 Å². The summed E-state index contributed by atoms with van der Waals surface area (Å²) < 4.78 is 4.96. The SMILES string of the molecule is Cc1cc(CNC(=O)N[C@H](C)c2nc(-c3ccccc3)cs2)no1. The number of carbonyl (C=O) groups is 1. The molecule has 1 aromatic carbocycles. The summed E-state index contributed by atoms with van der Waals surface area (Å²) in [6.07, 6.45) is 0. The maximum Gasteiger partial charge on any atom is 0.315 e. The van der Waals surface area contributed by atoms with E-state index in [2.05, 4.69) is 20.8 Å². The lowest BCUT2D eigenvalue weighted by Gasteiger charge is -2.11. The van der Waals surface area contributed by atoms with Crippen LogP contribution in [0.2, 0.25) is 0 Å². The standard InChI is InChI=1S/C17H18N4O2S/c1-11-8-14(21-23-11)9-18-17(22)19-12(2)16-20-15(10-24-16)13-6-4-3-5-7-13/h3-8,10,12H,9H2,1-2H3,(H2,18,19,22)/t12-/m1/s1. The number of hydrogen-bond acceptors (Lipinski definition) is 5. The van der Waals surface area contributed by atoms with Crippen molar-refractivity contribution in [3.05, 3.63) is 58.2 Å². The molecule has 0 radical (unpaired) electrons. The van der Waals surface area contributed by atoms with Crippen LogP contribution in [0.5, 0.6) is 0 Å². The molecule has 2 amide bonds. The lowest BCUT2D eigenvalue weighted by atomic mass is 10.2. The van der Waals surface area contributed by atoms with Gasteiger partial charge in [-0.05, 0) is 13.8 Å². The van der Waals surface area contributed by atoms with Crippen molar-refractivity contribution in [1.29, 1.82) is 0 Å². The van der Waals surface area contributed by atoms with Crippen LogP contribution in [0, 0.1) is 6.92 Å². The molecule has 7 heteroatoms. The van der Waals surface area contributed by atoms with Gasteiger partial charge in [-0.25, -0.2) is 9.78 Å². The summed E-state index contributed by atoms with van der Waals surface area (Å²) in [5.74, 6) is 0.719. The predicted molar refractivity (Wildman–Crippen MR) is 92.6 cm³/mol. The first-order valence-electron chi connectivity index (χ1n) is 7.59. The van der Waals surface area contributed by atoms with Gasteiger partial charge < -0.3 is 15.2 Å². The fraction of sp³-hybridized carbons (Fsp3) is 0.235. The molecule has 3 aromatic rings. The number of aryl methyl sites for hydroxylation is 1. The molecule has 2 heterocycles. The van der Waals surface area contributed by atoms with Crippen LogP contribution in [0.3, 0.4) is 0 Å². The van der Waals surface area contributed by atoms with E-state index in [4.69, 9.17) is 4.52 Å². The average molecular weight is 342 g/mol. The Hall–Kier alpha value is -2.67. The van der Waals surface area contributed by atoms with Crippen LogP contribution in [0.15, 0.2) is 46.3 Å². The normalized spacial score (nSPS) is 11.9. The number of hydrogen-bond donors (Lipinski definition) is 2. The number of nitrogens with zero attached hydrogens (tertiary/aromatic N) is 2. The van der Waals surface area contributed by atoms with Gasteiger partial charge in [0.25, 0.3) is 0 Å². The summed E-state index contributed by atoms with van der Waals surface area (Å²) in [5, 5.41) is 12.3. The minimum Gasteiger partial charge on any atom is -0.361 e. The number of urea groups is 1. The zero-order valence-electron chi connectivity index (χ0n) is 13.4. The largest absolute Gasteiger partial charge is 0.361 e. The van der Waals surface area contributed by atoms with Crippen molar-refractivity contribution in [2.75, 3.05) is 0 Å². The van der Waals surface area contributed by atoms with Gasteiger partial charge in [0.2, 0.25) is 0 Å². The molecule has 0 aliphatic rings. The van der Waals surface area contributed by atoms with E-state index in [0.717, 1.165) is 22.0 Å². The smallest absolute Gasteiger partial charge is 0.315 e. The molecule has 2 aromatic heterocycles. The fourth-order valence-corrected chi connectivity index (χ4v) is 3.04. The van der Waals surface area contributed by atoms with E-state index in [-0.39, 0.29) is 12.1 Å². The Bertz CT molecular complexity index is 813. The van der Waals surface area contributed by atoms with E-state index in [9.17, 15) is 4.79 Å².